The molecule has 0 saturated carbocycles. The van der Waals surface area contributed by atoms with Crippen LogP contribution in [0.15, 0.2) is 15.1 Å². The second kappa shape index (κ2) is 7.82. The molecule has 2 aromatic heterocycles. The summed E-state index contributed by atoms with van der Waals surface area (Å²) in [5.41, 5.74) is 2.25. The maximum absolute atomic E-state index is 12.3. The van der Waals surface area contributed by atoms with E-state index in [1.165, 1.54) is 0 Å². The van der Waals surface area contributed by atoms with Gasteiger partial charge in [0, 0.05) is 17.5 Å². The highest BCUT2D eigenvalue weighted by atomic mass is 16.5. The van der Waals surface area contributed by atoms with Gasteiger partial charge in [-0.15, -0.1) is 0 Å². The SMILES string of the molecule is Cc1noc(C)c1C[C@@H](C)C(=O)NCc1cc(COC(C)(C)C)on1. The molecule has 25 heavy (non-hydrogen) atoms. The highest BCUT2D eigenvalue weighted by Gasteiger charge is 2.19. The van der Waals surface area contributed by atoms with Gasteiger partial charge in [0.15, 0.2) is 5.76 Å². The predicted octanol–water partition coefficient (Wildman–Crippen LogP) is 3.09. The smallest absolute Gasteiger partial charge is 0.223 e. The fraction of sp³-hybridized carbons (Fsp3) is 0.611. The quantitative estimate of drug-likeness (QED) is 0.826. The van der Waals surface area contributed by atoms with Crippen molar-refractivity contribution in [1.82, 2.24) is 15.6 Å². The van der Waals surface area contributed by atoms with Gasteiger partial charge in [-0.25, -0.2) is 0 Å². The molecule has 138 valence electrons. The van der Waals surface area contributed by atoms with Gasteiger partial charge in [0.2, 0.25) is 5.91 Å². The Morgan fingerprint density at radius 3 is 2.60 bits per heavy atom. The number of carbonyl (C=O) groups is 1. The summed E-state index contributed by atoms with van der Waals surface area (Å²) in [4.78, 5) is 12.3. The van der Waals surface area contributed by atoms with E-state index in [1.807, 2.05) is 41.5 Å². The Morgan fingerprint density at radius 1 is 1.28 bits per heavy atom. The first-order valence-electron chi connectivity index (χ1n) is 8.43. The summed E-state index contributed by atoms with van der Waals surface area (Å²) in [7, 11) is 0. The first-order chi connectivity index (χ1) is 11.7. The summed E-state index contributed by atoms with van der Waals surface area (Å²) in [6.45, 7) is 12.2. The summed E-state index contributed by atoms with van der Waals surface area (Å²) < 4.78 is 16.0. The van der Waals surface area contributed by atoms with Crippen molar-refractivity contribution in [3.05, 3.63) is 34.5 Å². The normalized spacial score (nSPS) is 13.0. The van der Waals surface area contributed by atoms with Gasteiger partial charge in [-0.3, -0.25) is 4.79 Å². The molecule has 0 unspecified atom stereocenters. The first kappa shape index (κ1) is 19.2. The Hall–Kier alpha value is -2.15. The van der Waals surface area contributed by atoms with Crippen LogP contribution in [0.3, 0.4) is 0 Å². The third-order valence-electron chi connectivity index (χ3n) is 3.84. The van der Waals surface area contributed by atoms with E-state index in [0.717, 1.165) is 17.0 Å². The van der Waals surface area contributed by atoms with Crippen molar-refractivity contribution in [2.75, 3.05) is 0 Å². The molecule has 1 amide bonds. The number of hydrogen-bond donors (Lipinski definition) is 1. The van der Waals surface area contributed by atoms with Crippen LogP contribution in [0.25, 0.3) is 0 Å². The van der Waals surface area contributed by atoms with Crippen molar-refractivity contribution in [3.63, 3.8) is 0 Å². The van der Waals surface area contributed by atoms with Crippen LogP contribution in [0, 0.1) is 19.8 Å². The molecule has 0 aliphatic carbocycles. The molecular weight excluding hydrogens is 322 g/mol. The molecule has 1 N–H and O–H groups in total. The largest absolute Gasteiger partial charge is 0.368 e. The van der Waals surface area contributed by atoms with Crippen LogP contribution in [-0.2, 0) is 29.1 Å². The second-order valence-electron chi connectivity index (χ2n) is 7.31. The van der Waals surface area contributed by atoms with Gasteiger partial charge in [-0.05, 0) is 41.0 Å². The van der Waals surface area contributed by atoms with Crippen molar-refractivity contribution in [2.24, 2.45) is 5.92 Å². The van der Waals surface area contributed by atoms with Crippen molar-refractivity contribution in [3.8, 4) is 0 Å². The van der Waals surface area contributed by atoms with Crippen LogP contribution in [0.2, 0.25) is 0 Å². The number of nitrogens with zero attached hydrogens (tertiary/aromatic N) is 2. The highest BCUT2D eigenvalue weighted by Crippen LogP contribution is 2.17. The first-order valence-corrected chi connectivity index (χ1v) is 8.43. The molecule has 0 saturated heterocycles. The van der Waals surface area contributed by atoms with Crippen molar-refractivity contribution in [1.29, 1.82) is 0 Å². The Bertz CT molecular complexity index is 693. The Kier molecular flexibility index (Phi) is 6.00. The molecule has 2 aromatic rings. The molecule has 0 aliphatic heterocycles. The van der Waals surface area contributed by atoms with Gasteiger partial charge < -0.3 is 19.1 Å². The van der Waals surface area contributed by atoms with Crippen molar-refractivity contribution in [2.45, 2.75) is 66.7 Å². The van der Waals surface area contributed by atoms with Crippen LogP contribution in [0.4, 0.5) is 0 Å². The fourth-order valence-corrected chi connectivity index (χ4v) is 2.34. The lowest BCUT2D eigenvalue weighted by Crippen LogP contribution is -2.30. The standard InChI is InChI=1S/C18H27N3O4/c1-11(7-16-12(2)20-24-13(16)3)17(22)19-9-14-8-15(25-21-14)10-23-18(4,5)6/h8,11H,7,9-10H2,1-6H3,(H,19,22)/t11-/m1/s1. The number of amides is 1. The summed E-state index contributed by atoms with van der Waals surface area (Å²) in [6, 6.07) is 1.80. The number of aryl methyl sites for hydroxylation is 2. The highest BCUT2D eigenvalue weighted by molar-refractivity contribution is 5.78. The second-order valence-corrected chi connectivity index (χ2v) is 7.31. The zero-order valence-corrected chi connectivity index (χ0v) is 15.8. The zero-order valence-electron chi connectivity index (χ0n) is 15.8. The maximum atomic E-state index is 12.3. The van der Waals surface area contributed by atoms with E-state index in [2.05, 4.69) is 15.6 Å². The summed E-state index contributed by atoms with van der Waals surface area (Å²) >= 11 is 0. The minimum absolute atomic E-state index is 0.0458. The van der Waals surface area contributed by atoms with Gasteiger partial charge in [-0.2, -0.15) is 0 Å². The molecule has 0 fully saturated rings. The number of rotatable bonds is 7. The monoisotopic (exact) mass is 349 g/mol. The van der Waals surface area contributed by atoms with Gasteiger partial charge in [0.25, 0.3) is 0 Å². The molecule has 0 spiro atoms. The van der Waals surface area contributed by atoms with E-state index in [1.54, 1.807) is 6.07 Å². The molecule has 7 heteroatoms. The molecule has 0 radical (unpaired) electrons. The maximum Gasteiger partial charge on any atom is 0.223 e. The third-order valence-corrected chi connectivity index (χ3v) is 3.84. The number of ether oxygens (including phenoxy) is 1. The number of aromatic nitrogens is 2. The minimum Gasteiger partial charge on any atom is -0.368 e. The fourth-order valence-electron chi connectivity index (χ4n) is 2.34. The van der Waals surface area contributed by atoms with Crippen molar-refractivity contribution < 1.29 is 18.6 Å². The lowest BCUT2D eigenvalue weighted by atomic mass is 9.99. The lowest BCUT2D eigenvalue weighted by molar-refractivity contribution is -0.124. The predicted molar refractivity (Wildman–Crippen MR) is 91.7 cm³/mol. The van der Waals surface area contributed by atoms with Gasteiger partial charge in [0.1, 0.15) is 18.1 Å². The van der Waals surface area contributed by atoms with Crippen LogP contribution in [-0.4, -0.2) is 21.8 Å². The Labute approximate surface area is 148 Å². The van der Waals surface area contributed by atoms with E-state index in [4.69, 9.17) is 13.8 Å². The number of nitrogens with one attached hydrogen (secondary N) is 1. The van der Waals surface area contributed by atoms with E-state index < -0.39 is 0 Å². The van der Waals surface area contributed by atoms with Crippen LogP contribution in [0.5, 0.6) is 0 Å². The molecule has 0 aliphatic rings. The molecule has 7 nitrogen and oxygen atoms in total. The Balaban J connectivity index is 1.82. The van der Waals surface area contributed by atoms with E-state index >= 15 is 0 Å². The van der Waals surface area contributed by atoms with Crippen LogP contribution in [0.1, 0.15) is 56.2 Å². The molecule has 2 rings (SSSR count). The molecule has 2 heterocycles. The average molecular weight is 349 g/mol. The van der Waals surface area contributed by atoms with Gasteiger partial charge in [-0.1, -0.05) is 17.2 Å². The number of hydrogen-bond acceptors (Lipinski definition) is 6. The summed E-state index contributed by atoms with van der Waals surface area (Å²) in [6.07, 6.45) is 0.594. The number of carbonyl (C=O) groups excluding carboxylic acids is 1. The van der Waals surface area contributed by atoms with Gasteiger partial charge >= 0.3 is 0 Å². The van der Waals surface area contributed by atoms with E-state index in [0.29, 0.717) is 31.0 Å². The molecular formula is C18H27N3O4. The minimum atomic E-state index is -0.241. The Morgan fingerprint density at radius 2 is 2.00 bits per heavy atom. The summed E-state index contributed by atoms with van der Waals surface area (Å²) in [5, 5.41) is 10.8. The molecule has 0 bridgehead atoms. The zero-order chi connectivity index (χ0) is 18.6. The average Bonchev–Trinajstić information content (AvgIpc) is 3.11. The summed E-state index contributed by atoms with van der Waals surface area (Å²) in [5.74, 6) is 1.17. The van der Waals surface area contributed by atoms with E-state index in [9.17, 15) is 4.79 Å². The van der Waals surface area contributed by atoms with Crippen LogP contribution < -0.4 is 5.32 Å². The van der Waals surface area contributed by atoms with Crippen LogP contribution >= 0.6 is 0 Å². The molecule has 0 aromatic carbocycles. The third kappa shape index (κ3) is 5.70. The lowest BCUT2D eigenvalue weighted by Gasteiger charge is -2.17. The van der Waals surface area contributed by atoms with E-state index in [-0.39, 0.29) is 17.4 Å². The van der Waals surface area contributed by atoms with Crippen molar-refractivity contribution >= 4 is 5.91 Å². The van der Waals surface area contributed by atoms with Gasteiger partial charge in [0.05, 0.1) is 17.8 Å². The topological polar surface area (TPSA) is 90.4 Å². The molecule has 1 atom stereocenters.